The van der Waals surface area contributed by atoms with Gasteiger partial charge >= 0.3 is 0 Å². The van der Waals surface area contributed by atoms with Gasteiger partial charge in [0, 0.05) is 6.04 Å². The third-order valence-corrected chi connectivity index (χ3v) is 5.23. The second-order valence-corrected chi connectivity index (χ2v) is 7.07. The molecule has 3 rings (SSSR count). The van der Waals surface area contributed by atoms with Gasteiger partial charge in [0.05, 0.1) is 16.4 Å². The molecular weight excluding hydrogens is 280 g/mol. The lowest BCUT2D eigenvalue weighted by molar-refractivity contribution is 0.233. The molecule has 0 aliphatic heterocycles. The molecule has 0 saturated heterocycles. The Labute approximate surface area is 132 Å². The summed E-state index contributed by atoms with van der Waals surface area (Å²) < 4.78 is 2.47. The van der Waals surface area contributed by atoms with Crippen LogP contribution in [0.25, 0.3) is 11.0 Å². The predicted molar refractivity (Wildman–Crippen MR) is 90.0 cm³/mol. The zero-order valence-electron chi connectivity index (χ0n) is 13.3. The summed E-state index contributed by atoms with van der Waals surface area (Å²) in [6, 6.07) is 7.05. The molecule has 21 heavy (non-hydrogen) atoms. The number of hydrogen-bond acceptors (Lipinski definition) is 1. The smallest absolute Gasteiger partial charge is 0.127 e. The summed E-state index contributed by atoms with van der Waals surface area (Å²) >= 11 is 6.46. The Morgan fingerprint density at radius 1 is 1.33 bits per heavy atom. The molecule has 1 aliphatic rings. The zero-order valence-corrected chi connectivity index (χ0v) is 14.0. The van der Waals surface area contributed by atoms with Crippen LogP contribution >= 0.6 is 11.6 Å². The zero-order chi connectivity index (χ0) is 15.0. The standard InChI is InChI=1S/C18H25ClN2/c1-4-14-9-5-6-10-15(14)21-16-11-7-8-12(2)17(16)20-18(21)13(3)19/h7-8,11,13-15H,4-6,9-10H2,1-3H3. The molecule has 114 valence electrons. The fourth-order valence-corrected chi connectivity index (χ4v) is 4.06. The number of imidazole rings is 1. The van der Waals surface area contributed by atoms with E-state index in [0.717, 1.165) is 17.3 Å². The molecular formula is C18H25ClN2. The second kappa shape index (κ2) is 6.00. The van der Waals surface area contributed by atoms with Crippen LogP contribution in [0.1, 0.15) is 68.8 Å². The number of aryl methyl sites for hydroxylation is 1. The maximum absolute atomic E-state index is 6.46. The van der Waals surface area contributed by atoms with E-state index in [0.29, 0.717) is 6.04 Å². The molecule has 0 amide bonds. The lowest BCUT2D eigenvalue weighted by Crippen LogP contribution is -2.24. The predicted octanol–water partition coefficient (Wildman–Crippen LogP) is 5.79. The van der Waals surface area contributed by atoms with E-state index in [4.69, 9.17) is 16.6 Å². The number of rotatable bonds is 3. The van der Waals surface area contributed by atoms with Crippen molar-refractivity contribution in [2.45, 2.75) is 64.3 Å². The first kappa shape index (κ1) is 14.9. The molecule has 0 N–H and O–H groups in total. The molecule has 2 nitrogen and oxygen atoms in total. The topological polar surface area (TPSA) is 17.8 Å². The van der Waals surface area contributed by atoms with Crippen LogP contribution in [0.2, 0.25) is 0 Å². The Morgan fingerprint density at radius 2 is 2.10 bits per heavy atom. The summed E-state index contributed by atoms with van der Waals surface area (Å²) in [5, 5.41) is -0.0452. The minimum Gasteiger partial charge on any atom is -0.323 e. The van der Waals surface area contributed by atoms with Gasteiger partial charge in [-0.05, 0) is 44.2 Å². The summed E-state index contributed by atoms with van der Waals surface area (Å²) in [5.74, 6) is 1.80. The number of aromatic nitrogens is 2. The summed E-state index contributed by atoms with van der Waals surface area (Å²) in [6.07, 6.45) is 6.53. The van der Waals surface area contributed by atoms with Gasteiger partial charge in [-0.3, -0.25) is 0 Å². The van der Waals surface area contributed by atoms with Crippen LogP contribution in [-0.4, -0.2) is 9.55 Å². The minimum atomic E-state index is -0.0452. The Bertz CT molecular complexity index is 629. The van der Waals surface area contributed by atoms with Crippen molar-refractivity contribution in [3.63, 3.8) is 0 Å². The van der Waals surface area contributed by atoms with Crippen LogP contribution in [0, 0.1) is 12.8 Å². The van der Waals surface area contributed by atoms with Crippen LogP contribution in [-0.2, 0) is 0 Å². The SMILES string of the molecule is CCC1CCCCC1n1c(C(C)Cl)nc2c(C)cccc21. The fourth-order valence-electron chi connectivity index (χ4n) is 3.91. The van der Waals surface area contributed by atoms with E-state index in [1.165, 1.54) is 43.2 Å². The van der Waals surface area contributed by atoms with Crippen molar-refractivity contribution in [1.29, 1.82) is 0 Å². The Balaban J connectivity index is 2.19. The lowest BCUT2D eigenvalue weighted by atomic mass is 9.82. The van der Waals surface area contributed by atoms with E-state index < -0.39 is 0 Å². The second-order valence-electron chi connectivity index (χ2n) is 6.42. The van der Waals surface area contributed by atoms with E-state index in [2.05, 4.69) is 36.6 Å². The highest BCUT2D eigenvalue weighted by atomic mass is 35.5. The molecule has 1 aromatic carbocycles. The number of fused-ring (bicyclic) bond motifs is 1. The Morgan fingerprint density at radius 3 is 2.81 bits per heavy atom. The number of alkyl halides is 1. The van der Waals surface area contributed by atoms with Crippen LogP contribution in [0.15, 0.2) is 18.2 Å². The first-order valence-electron chi connectivity index (χ1n) is 8.25. The van der Waals surface area contributed by atoms with Crippen molar-refractivity contribution in [3.8, 4) is 0 Å². The Kier molecular flexibility index (Phi) is 4.26. The van der Waals surface area contributed by atoms with Gasteiger partial charge in [-0.1, -0.05) is 38.3 Å². The normalized spacial score (nSPS) is 24.4. The number of nitrogens with zero attached hydrogens (tertiary/aromatic N) is 2. The summed E-state index contributed by atoms with van der Waals surface area (Å²) in [6.45, 7) is 6.50. The maximum Gasteiger partial charge on any atom is 0.127 e. The first-order chi connectivity index (χ1) is 10.1. The highest BCUT2D eigenvalue weighted by Crippen LogP contribution is 2.40. The van der Waals surface area contributed by atoms with Gasteiger partial charge < -0.3 is 4.57 Å². The molecule has 3 atom stereocenters. The quantitative estimate of drug-likeness (QED) is 0.657. The summed E-state index contributed by atoms with van der Waals surface area (Å²) in [4.78, 5) is 4.89. The molecule has 1 saturated carbocycles. The number of benzene rings is 1. The van der Waals surface area contributed by atoms with Gasteiger partial charge in [0.25, 0.3) is 0 Å². The summed E-state index contributed by atoms with van der Waals surface area (Å²) in [5.41, 5.74) is 3.64. The van der Waals surface area contributed by atoms with E-state index in [1.54, 1.807) is 0 Å². The van der Waals surface area contributed by atoms with Gasteiger partial charge in [0.1, 0.15) is 5.82 Å². The molecule has 1 aromatic heterocycles. The van der Waals surface area contributed by atoms with Gasteiger partial charge in [-0.2, -0.15) is 0 Å². The fraction of sp³-hybridized carbons (Fsp3) is 0.611. The van der Waals surface area contributed by atoms with E-state index >= 15 is 0 Å². The average Bonchev–Trinajstić information content (AvgIpc) is 2.88. The summed E-state index contributed by atoms with van der Waals surface area (Å²) in [7, 11) is 0. The van der Waals surface area contributed by atoms with Gasteiger partial charge in [0.15, 0.2) is 0 Å². The molecule has 1 aliphatic carbocycles. The molecule has 1 fully saturated rings. The van der Waals surface area contributed by atoms with Crippen molar-refractivity contribution < 1.29 is 0 Å². The van der Waals surface area contributed by atoms with Gasteiger partial charge in [0.2, 0.25) is 0 Å². The highest BCUT2D eigenvalue weighted by Gasteiger charge is 2.29. The first-order valence-corrected chi connectivity index (χ1v) is 8.68. The van der Waals surface area contributed by atoms with Crippen molar-refractivity contribution >= 4 is 22.6 Å². The van der Waals surface area contributed by atoms with Crippen molar-refractivity contribution in [2.24, 2.45) is 5.92 Å². The van der Waals surface area contributed by atoms with Crippen molar-refractivity contribution in [2.75, 3.05) is 0 Å². The maximum atomic E-state index is 6.46. The lowest BCUT2D eigenvalue weighted by Gasteiger charge is -2.33. The average molecular weight is 305 g/mol. The van der Waals surface area contributed by atoms with Crippen LogP contribution in [0.4, 0.5) is 0 Å². The van der Waals surface area contributed by atoms with Gasteiger partial charge in [-0.15, -0.1) is 11.6 Å². The van der Waals surface area contributed by atoms with E-state index in [9.17, 15) is 0 Å². The van der Waals surface area contributed by atoms with Gasteiger partial charge in [-0.25, -0.2) is 4.98 Å². The van der Waals surface area contributed by atoms with E-state index in [1.807, 2.05) is 6.92 Å². The third-order valence-electron chi connectivity index (χ3n) is 5.03. The Hall–Kier alpha value is -1.02. The monoisotopic (exact) mass is 304 g/mol. The van der Waals surface area contributed by atoms with Crippen LogP contribution in [0.5, 0.6) is 0 Å². The molecule has 1 heterocycles. The highest BCUT2D eigenvalue weighted by molar-refractivity contribution is 6.20. The largest absolute Gasteiger partial charge is 0.323 e. The molecule has 0 spiro atoms. The van der Waals surface area contributed by atoms with E-state index in [-0.39, 0.29) is 5.38 Å². The van der Waals surface area contributed by atoms with Crippen molar-refractivity contribution in [1.82, 2.24) is 9.55 Å². The molecule has 3 heteroatoms. The molecule has 0 bridgehead atoms. The molecule has 3 unspecified atom stereocenters. The molecule has 2 aromatic rings. The number of halogens is 1. The minimum absolute atomic E-state index is 0.0452. The molecule has 0 radical (unpaired) electrons. The third kappa shape index (κ3) is 2.59. The number of para-hydroxylation sites is 1. The number of hydrogen-bond donors (Lipinski definition) is 0. The van der Waals surface area contributed by atoms with Crippen LogP contribution < -0.4 is 0 Å². The van der Waals surface area contributed by atoms with Crippen LogP contribution in [0.3, 0.4) is 0 Å². The van der Waals surface area contributed by atoms with Crippen molar-refractivity contribution in [3.05, 3.63) is 29.6 Å².